The van der Waals surface area contributed by atoms with Crippen LogP contribution in [-0.2, 0) is 21.5 Å². The normalized spacial score (nSPS) is 20.2. The third-order valence-corrected chi connectivity index (χ3v) is 7.51. The van der Waals surface area contributed by atoms with Crippen LogP contribution in [0.1, 0.15) is 18.2 Å². The average molecular weight is 435 g/mol. The second-order valence-electron chi connectivity index (χ2n) is 7.64. The first-order valence-electron chi connectivity index (χ1n) is 10.2. The van der Waals surface area contributed by atoms with Gasteiger partial charge in [-0.05, 0) is 32.0 Å². The van der Waals surface area contributed by atoms with Crippen molar-refractivity contribution in [3.8, 4) is 5.69 Å². The highest BCUT2D eigenvalue weighted by Crippen LogP contribution is 2.55. The van der Waals surface area contributed by atoms with E-state index in [1.54, 1.807) is 16.6 Å². The Kier molecular flexibility index (Phi) is 4.37. The molecule has 1 fully saturated rings. The lowest BCUT2D eigenvalue weighted by molar-refractivity contribution is -0.123. The standard InChI is InChI=1S/C23H22N4O3S/c1-4-25-18-13-9-8-12-17(18)23(22(25)30)26(19(28)14-31-23)20-15(2)24(3)27(21(20)29)16-10-6-5-7-11-16/h5-13H,4,14H2,1-3H3. The van der Waals surface area contributed by atoms with E-state index in [0.29, 0.717) is 17.9 Å². The van der Waals surface area contributed by atoms with Crippen LogP contribution in [0.2, 0.25) is 0 Å². The number of likely N-dealkylation sites (N-methyl/N-ethyl adjacent to an activating group) is 1. The molecule has 1 saturated heterocycles. The minimum absolute atomic E-state index is 0.136. The number of hydrogen-bond donors (Lipinski definition) is 0. The summed E-state index contributed by atoms with van der Waals surface area (Å²) in [6.45, 7) is 4.21. The number of fused-ring (bicyclic) bond motifs is 2. The van der Waals surface area contributed by atoms with Crippen molar-refractivity contribution in [2.24, 2.45) is 7.05 Å². The second-order valence-corrected chi connectivity index (χ2v) is 8.81. The molecule has 158 valence electrons. The summed E-state index contributed by atoms with van der Waals surface area (Å²) in [5, 5.41) is 0. The lowest BCUT2D eigenvalue weighted by atomic mass is 10.0. The maximum atomic E-state index is 13.7. The molecule has 1 atom stereocenters. The molecule has 2 aromatic carbocycles. The Morgan fingerprint density at radius 2 is 1.68 bits per heavy atom. The Morgan fingerprint density at radius 3 is 2.39 bits per heavy atom. The molecule has 7 nitrogen and oxygen atoms in total. The van der Waals surface area contributed by atoms with Crippen molar-refractivity contribution < 1.29 is 9.59 Å². The molecule has 0 bridgehead atoms. The Bertz CT molecular complexity index is 1280. The van der Waals surface area contributed by atoms with E-state index in [1.165, 1.54) is 21.3 Å². The molecule has 2 aliphatic heterocycles. The molecule has 1 spiro atoms. The van der Waals surface area contributed by atoms with E-state index in [0.717, 1.165) is 11.3 Å². The monoisotopic (exact) mass is 434 g/mol. The zero-order valence-corrected chi connectivity index (χ0v) is 18.3. The Balaban J connectivity index is 1.78. The van der Waals surface area contributed by atoms with Gasteiger partial charge < -0.3 is 4.90 Å². The maximum Gasteiger partial charge on any atom is 0.295 e. The summed E-state index contributed by atoms with van der Waals surface area (Å²) in [7, 11) is 1.79. The van der Waals surface area contributed by atoms with Crippen LogP contribution in [0.5, 0.6) is 0 Å². The predicted molar refractivity (Wildman–Crippen MR) is 122 cm³/mol. The fourth-order valence-corrected chi connectivity index (χ4v) is 5.98. The highest BCUT2D eigenvalue weighted by Gasteiger charge is 2.61. The molecule has 0 aliphatic carbocycles. The van der Waals surface area contributed by atoms with Gasteiger partial charge in [-0.3, -0.25) is 24.0 Å². The Morgan fingerprint density at radius 1 is 1.00 bits per heavy atom. The molecule has 3 heterocycles. The number of benzene rings is 2. The number of aromatic nitrogens is 2. The molecule has 1 unspecified atom stereocenters. The lowest BCUT2D eigenvalue weighted by Crippen LogP contribution is -2.51. The van der Waals surface area contributed by atoms with Crippen LogP contribution in [0.4, 0.5) is 11.4 Å². The van der Waals surface area contributed by atoms with Gasteiger partial charge in [-0.1, -0.05) is 36.4 Å². The van der Waals surface area contributed by atoms with Gasteiger partial charge in [0.15, 0.2) is 0 Å². The summed E-state index contributed by atoms with van der Waals surface area (Å²) in [6, 6.07) is 16.8. The zero-order chi connectivity index (χ0) is 21.9. The predicted octanol–water partition coefficient (Wildman–Crippen LogP) is 2.78. The Labute approximate surface area is 183 Å². The summed E-state index contributed by atoms with van der Waals surface area (Å²) < 4.78 is 3.28. The lowest BCUT2D eigenvalue weighted by Gasteiger charge is -2.32. The molecule has 31 heavy (non-hydrogen) atoms. The van der Waals surface area contributed by atoms with E-state index in [1.807, 2.05) is 68.4 Å². The molecule has 2 aliphatic rings. The van der Waals surface area contributed by atoms with Crippen LogP contribution < -0.4 is 15.4 Å². The molecule has 0 saturated carbocycles. The van der Waals surface area contributed by atoms with Gasteiger partial charge in [0.05, 0.1) is 22.8 Å². The first kappa shape index (κ1) is 19.7. The van der Waals surface area contributed by atoms with Gasteiger partial charge in [-0.2, -0.15) is 0 Å². The van der Waals surface area contributed by atoms with Crippen LogP contribution in [0, 0.1) is 6.92 Å². The van der Waals surface area contributed by atoms with E-state index < -0.39 is 4.87 Å². The van der Waals surface area contributed by atoms with Crippen LogP contribution >= 0.6 is 11.8 Å². The number of anilines is 2. The SMILES string of the molecule is CCN1C(=O)C2(SCC(=O)N2c2c(C)n(C)n(-c3ccccc3)c2=O)c2ccccc21. The number of rotatable bonds is 3. The highest BCUT2D eigenvalue weighted by atomic mass is 32.2. The molecule has 5 rings (SSSR count). The first-order valence-corrected chi connectivity index (χ1v) is 11.1. The molecule has 8 heteroatoms. The van der Waals surface area contributed by atoms with Crippen molar-refractivity contribution in [1.29, 1.82) is 0 Å². The number of thioether (sulfide) groups is 1. The van der Waals surface area contributed by atoms with Crippen molar-refractivity contribution in [2.75, 3.05) is 22.1 Å². The van der Waals surface area contributed by atoms with E-state index in [2.05, 4.69) is 0 Å². The van der Waals surface area contributed by atoms with Crippen molar-refractivity contribution in [2.45, 2.75) is 18.7 Å². The van der Waals surface area contributed by atoms with Crippen LogP contribution in [0.3, 0.4) is 0 Å². The summed E-state index contributed by atoms with van der Waals surface area (Å²) in [5.41, 5.74) is 2.81. The molecule has 2 amide bonds. The van der Waals surface area contributed by atoms with Gasteiger partial charge in [0.1, 0.15) is 5.69 Å². The van der Waals surface area contributed by atoms with E-state index in [9.17, 15) is 14.4 Å². The fourth-order valence-electron chi connectivity index (χ4n) is 4.64. The highest BCUT2D eigenvalue weighted by molar-refractivity contribution is 8.02. The number of carbonyl (C=O) groups is 2. The van der Waals surface area contributed by atoms with Crippen molar-refractivity contribution in [3.63, 3.8) is 0 Å². The smallest absolute Gasteiger partial charge is 0.295 e. The zero-order valence-electron chi connectivity index (χ0n) is 17.5. The van der Waals surface area contributed by atoms with Crippen molar-refractivity contribution in [1.82, 2.24) is 9.36 Å². The third kappa shape index (κ3) is 2.45. The van der Waals surface area contributed by atoms with Gasteiger partial charge in [0, 0.05) is 19.2 Å². The number of carbonyl (C=O) groups excluding carboxylic acids is 2. The van der Waals surface area contributed by atoms with E-state index in [-0.39, 0.29) is 28.8 Å². The fraction of sp³-hybridized carbons (Fsp3) is 0.261. The summed E-state index contributed by atoms with van der Waals surface area (Å²) in [5.74, 6) is -0.283. The van der Waals surface area contributed by atoms with Gasteiger partial charge >= 0.3 is 0 Å². The van der Waals surface area contributed by atoms with Crippen LogP contribution in [-0.4, -0.2) is 33.5 Å². The largest absolute Gasteiger partial charge is 0.309 e. The number of para-hydroxylation sites is 2. The van der Waals surface area contributed by atoms with Gasteiger partial charge in [0.2, 0.25) is 10.8 Å². The molecule has 0 N–H and O–H groups in total. The topological polar surface area (TPSA) is 67.6 Å². The van der Waals surface area contributed by atoms with Gasteiger partial charge in [-0.25, -0.2) is 4.68 Å². The van der Waals surface area contributed by atoms with Crippen molar-refractivity contribution in [3.05, 3.63) is 76.2 Å². The number of amides is 2. The molecule has 1 aromatic heterocycles. The van der Waals surface area contributed by atoms with Crippen LogP contribution in [0.15, 0.2) is 59.4 Å². The molecular weight excluding hydrogens is 412 g/mol. The molecule has 0 radical (unpaired) electrons. The summed E-state index contributed by atoms with van der Waals surface area (Å²) in [6.07, 6.45) is 0. The second kappa shape index (κ2) is 6.88. The van der Waals surface area contributed by atoms with Gasteiger partial charge in [0.25, 0.3) is 11.5 Å². The minimum atomic E-state index is -1.26. The third-order valence-electron chi connectivity index (χ3n) is 6.13. The Hall–Kier alpha value is -3.26. The first-order chi connectivity index (χ1) is 14.9. The molecular formula is C23H22N4O3S. The van der Waals surface area contributed by atoms with E-state index in [4.69, 9.17) is 0 Å². The minimum Gasteiger partial charge on any atom is -0.309 e. The summed E-state index contributed by atoms with van der Waals surface area (Å²) in [4.78, 5) is 42.5. The molecule has 3 aromatic rings. The number of hydrogen-bond acceptors (Lipinski definition) is 4. The quantitative estimate of drug-likeness (QED) is 0.636. The maximum absolute atomic E-state index is 13.7. The number of nitrogens with zero attached hydrogens (tertiary/aromatic N) is 4. The van der Waals surface area contributed by atoms with Crippen LogP contribution in [0.25, 0.3) is 5.69 Å². The van der Waals surface area contributed by atoms with E-state index >= 15 is 0 Å². The van der Waals surface area contributed by atoms with Crippen molar-refractivity contribution >= 4 is 35.0 Å². The summed E-state index contributed by atoms with van der Waals surface area (Å²) >= 11 is 1.29. The average Bonchev–Trinajstić information content (AvgIpc) is 3.32. The van der Waals surface area contributed by atoms with Gasteiger partial charge in [-0.15, -0.1) is 11.8 Å².